The van der Waals surface area contributed by atoms with E-state index in [0.717, 1.165) is 26.2 Å². The minimum absolute atomic E-state index is 0.255. The number of rotatable bonds is 8. The average Bonchev–Trinajstić information content (AvgIpc) is 2.97. The molecule has 3 heteroatoms. The van der Waals surface area contributed by atoms with Gasteiger partial charge < -0.3 is 10.4 Å². The van der Waals surface area contributed by atoms with Gasteiger partial charge in [0.2, 0.25) is 0 Å². The molecule has 2 N–H and O–H groups in total. The fourth-order valence-corrected chi connectivity index (χ4v) is 1.60. The zero-order valence-corrected chi connectivity index (χ0v) is 9.13. The molecule has 1 saturated carbocycles. The van der Waals surface area contributed by atoms with Crippen molar-refractivity contribution >= 4 is 0 Å². The first-order chi connectivity index (χ1) is 6.77. The molecular formula is C11H22N2O. The molecule has 0 aromatic rings. The lowest BCUT2D eigenvalue weighted by atomic mass is 10.2. The summed E-state index contributed by atoms with van der Waals surface area (Å²) in [6.07, 6.45) is 2.57. The van der Waals surface area contributed by atoms with E-state index >= 15 is 0 Å². The lowest BCUT2D eigenvalue weighted by Crippen LogP contribution is -2.33. The van der Waals surface area contributed by atoms with E-state index in [1.165, 1.54) is 18.4 Å². The number of nitrogens with zero attached hydrogens (tertiary/aromatic N) is 1. The van der Waals surface area contributed by atoms with Crippen molar-refractivity contribution in [2.45, 2.75) is 25.8 Å². The summed E-state index contributed by atoms with van der Waals surface area (Å²) in [4.78, 5) is 2.33. The Morgan fingerprint density at radius 1 is 1.57 bits per heavy atom. The van der Waals surface area contributed by atoms with Gasteiger partial charge in [-0.15, -0.1) is 0 Å². The summed E-state index contributed by atoms with van der Waals surface area (Å²) in [5.74, 6) is 0. The predicted octanol–water partition coefficient (Wildman–Crippen LogP) is 0.609. The zero-order chi connectivity index (χ0) is 10.4. The smallest absolute Gasteiger partial charge is 0.0558 e. The first-order valence-electron chi connectivity index (χ1n) is 5.50. The molecule has 1 aliphatic rings. The van der Waals surface area contributed by atoms with Crippen LogP contribution in [0.25, 0.3) is 0 Å². The molecule has 0 bridgehead atoms. The van der Waals surface area contributed by atoms with Crippen LogP contribution in [-0.2, 0) is 0 Å². The lowest BCUT2D eigenvalue weighted by molar-refractivity contribution is 0.199. The Balaban J connectivity index is 2.20. The van der Waals surface area contributed by atoms with Crippen LogP contribution in [0.4, 0.5) is 0 Å². The van der Waals surface area contributed by atoms with Crippen LogP contribution >= 0.6 is 0 Å². The van der Waals surface area contributed by atoms with E-state index in [4.69, 9.17) is 5.11 Å². The van der Waals surface area contributed by atoms with Gasteiger partial charge >= 0.3 is 0 Å². The van der Waals surface area contributed by atoms with E-state index in [9.17, 15) is 0 Å². The fraction of sp³-hybridized carbons (Fsp3) is 0.818. The Bertz CT molecular complexity index is 178. The van der Waals surface area contributed by atoms with E-state index in [1.807, 2.05) is 0 Å². The van der Waals surface area contributed by atoms with Crippen LogP contribution in [-0.4, -0.2) is 48.8 Å². The lowest BCUT2D eigenvalue weighted by Gasteiger charge is -2.22. The first-order valence-corrected chi connectivity index (χ1v) is 5.50. The van der Waals surface area contributed by atoms with E-state index in [1.54, 1.807) is 0 Å². The SMILES string of the molecule is C=C(CNCC)CN(CCO)C1CC1. The van der Waals surface area contributed by atoms with Gasteiger partial charge in [-0.2, -0.15) is 0 Å². The Hall–Kier alpha value is -0.380. The Labute approximate surface area is 86.8 Å². The summed E-state index contributed by atoms with van der Waals surface area (Å²) in [6.45, 7) is 9.99. The largest absolute Gasteiger partial charge is 0.395 e. The molecule has 0 aromatic heterocycles. The second-order valence-electron chi connectivity index (χ2n) is 3.96. The van der Waals surface area contributed by atoms with E-state index in [2.05, 4.69) is 23.7 Å². The Kier molecular flexibility index (Phi) is 5.15. The molecule has 0 atom stereocenters. The first kappa shape index (κ1) is 11.7. The third-order valence-corrected chi connectivity index (χ3v) is 2.50. The van der Waals surface area contributed by atoms with Crippen LogP contribution in [0.15, 0.2) is 12.2 Å². The van der Waals surface area contributed by atoms with Gasteiger partial charge in [-0.05, 0) is 25.0 Å². The highest BCUT2D eigenvalue weighted by Crippen LogP contribution is 2.26. The summed E-state index contributed by atoms with van der Waals surface area (Å²) in [5.41, 5.74) is 1.22. The number of aliphatic hydroxyl groups is 1. The topological polar surface area (TPSA) is 35.5 Å². The van der Waals surface area contributed by atoms with E-state index in [-0.39, 0.29) is 6.61 Å². The Morgan fingerprint density at radius 3 is 2.79 bits per heavy atom. The van der Waals surface area contributed by atoms with E-state index < -0.39 is 0 Å². The minimum Gasteiger partial charge on any atom is -0.395 e. The second-order valence-corrected chi connectivity index (χ2v) is 3.96. The highest BCUT2D eigenvalue weighted by molar-refractivity contribution is 5.02. The number of hydrogen-bond donors (Lipinski definition) is 2. The molecule has 0 heterocycles. The highest BCUT2D eigenvalue weighted by atomic mass is 16.3. The molecule has 0 aromatic carbocycles. The number of hydrogen-bond acceptors (Lipinski definition) is 3. The number of aliphatic hydroxyl groups excluding tert-OH is 1. The van der Waals surface area contributed by atoms with Crippen molar-refractivity contribution in [3.05, 3.63) is 12.2 Å². The molecule has 1 aliphatic carbocycles. The standard InChI is InChI=1S/C11H22N2O/c1-3-12-8-10(2)9-13(6-7-14)11-4-5-11/h11-12,14H,2-9H2,1H3. The van der Waals surface area contributed by atoms with Crippen molar-refractivity contribution in [1.29, 1.82) is 0 Å². The van der Waals surface area contributed by atoms with Crippen LogP contribution in [0.5, 0.6) is 0 Å². The molecule has 0 amide bonds. The predicted molar refractivity (Wildman–Crippen MR) is 59.4 cm³/mol. The summed E-state index contributed by atoms with van der Waals surface area (Å²) < 4.78 is 0. The van der Waals surface area contributed by atoms with Crippen molar-refractivity contribution in [1.82, 2.24) is 10.2 Å². The molecular weight excluding hydrogens is 176 g/mol. The minimum atomic E-state index is 0.255. The van der Waals surface area contributed by atoms with Crippen molar-refractivity contribution in [3.63, 3.8) is 0 Å². The quantitative estimate of drug-likeness (QED) is 0.561. The average molecular weight is 198 g/mol. The third-order valence-electron chi connectivity index (χ3n) is 2.50. The molecule has 82 valence electrons. The van der Waals surface area contributed by atoms with Crippen LogP contribution < -0.4 is 5.32 Å². The molecule has 1 rings (SSSR count). The third kappa shape index (κ3) is 4.22. The van der Waals surface area contributed by atoms with Crippen LogP contribution in [0.2, 0.25) is 0 Å². The number of likely N-dealkylation sites (N-methyl/N-ethyl adjacent to an activating group) is 1. The monoisotopic (exact) mass is 198 g/mol. The second kappa shape index (κ2) is 6.17. The van der Waals surface area contributed by atoms with Gasteiger partial charge in [0.05, 0.1) is 6.61 Å². The summed E-state index contributed by atoms with van der Waals surface area (Å²) in [5, 5.41) is 12.2. The van der Waals surface area contributed by atoms with Crippen molar-refractivity contribution < 1.29 is 5.11 Å². The maximum atomic E-state index is 8.92. The molecule has 0 saturated heterocycles. The number of nitrogens with one attached hydrogen (secondary N) is 1. The summed E-state index contributed by atoms with van der Waals surface area (Å²) in [6, 6.07) is 0.709. The van der Waals surface area contributed by atoms with Crippen LogP contribution in [0.3, 0.4) is 0 Å². The normalized spacial score (nSPS) is 16.2. The molecule has 0 unspecified atom stereocenters. The van der Waals surface area contributed by atoms with Gasteiger partial charge in [0.15, 0.2) is 0 Å². The Morgan fingerprint density at radius 2 is 2.29 bits per heavy atom. The van der Waals surface area contributed by atoms with Gasteiger partial charge in [0, 0.05) is 25.7 Å². The summed E-state index contributed by atoms with van der Waals surface area (Å²) >= 11 is 0. The van der Waals surface area contributed by atoms with Gasteiger partial charge in [-0.3, -0.25) is 4.90 Å². The molecule has 0 radical (unpaired) electrons. The molecule has 14 heavy (non-hydrogen) atoms. The van der Waals surface area contributed by atoms with Gasteiger partial charge in [-0.25, -0.2) is 0 Å². The zero-order valence-electron chi connectivity index (χ0n) is 9.13. The van der Waals surface area contributed by atoms with Crippen LogP contribution in [0, 0.1) is 0 Å². The van der Waals surface area contributed by atoms with Crippen LogP contribution in [0.1, 0.15) is 19.8 Å². The van der Waals surface area contributed by atoms with Crippen molar-refractivity contribution in [3.8, 4) is 0 Å². The summed E-state index contributed by atoms with van der Waals surface area (Å²) in [7, 11) is 0. The van der Waals surface area contributed by atoms with Gasteiger partial charge in [0.1, 0.15) is 0 Å². The molecule has 3 nitrogen and oxygen atoms in total. The highest BCUT2D eigenvalue weighted by Gasteiger charge is 2.28. The van der Waals surface area contributed by atoms with E-state index in [0.29, 0.717) is 6.04 Å². The molecule has 0 aliphatic heterocycles. The molecule has 1 fully saturated rings. The maximum absolute atomic E-state index is 8.92. The molecule has 0 spiro atoms. The maximum Gasteiger partial charge on any atom is 0.0558 e. The fourth-order valence-electron chi connectivity index (χ4n) is 1.60. The van der Waals surface area contributed by atoms with Gasteiger partial charge in [0.25, 0.3) is 0 Å². The van der Waals surface area contributed by atoms with Crippen molar-refractivity contribution in [2.24, 2.45) is 0 Å². The van der Waals surface area contributed by atoms with Gasteiger partial charge in [-0.1, -0.05) is 13.5 Å². The van der Waals surface area contributed by atoms with Crippen molar-refractivity contribution in [2.75, 3.05) is 32.8 Å².